The Labute approximate surface area is 90.9 Å². The van der Waals surface area contributed by atoms with Gasteiger partial charge in [-0.3, -0.25) is 0 Å². The number of thiophene rings is 1. The fourth-order valence-electron chi connectivity index (χ4n) is 1.55. The molecule has 0 radical (unpaired) electrons. The Hall–Kier alpha value is -0.670. The molecule has 0 aromatic carbocycles. The summed E-state index contributed by atoms with van der Waals surface area (Å²) in [5, 5.41) is 1.61. The number of hydrogen-bond donors (Lipinski definition) is 0. The van der Waals surface area contributed by atoms with Gasteiger partial charge in [-0.25, -0.2) is 9.97 Å². The van der Waals surface area contributed by atoms with E-state index in [1.54, 1.807) is 11.3 Å². The highest BCUT2D eigenvalue weighted by Crippen LogP contribution is 2.40. The molecule has 3 rings (SSSR count). The predicted octanol–water partition coefficient (Wildman–Crippen LogP) is 3.53. The highest BCUT2D eigenvalue weighted by atomic mass is 35.5. The van der Waals surface area contributed by atoms with Gasteiger partial charge in [-0.05, 0) is 25.8 Å². The molecule has 14 heavy (non-hydrogen) atoms. The third-order valence-corrected chi connectivity index (χ3v) is 3.66. The molecule has 0 bridgehead atoms. The standard InChI is InChI=1S/C10H9ClN2S/c1-5-4-7-8(11)12-9(6-2-3-6)13-10(7)14-5/h4,6H,2-3H2,1H3. The zero-order chi connectivity index (χ0) is 9.71. The van der Waals surface area contributed by atoms with Crippen molar-refractivity contribution in [2.75, 3.05) is 0 Å². The van der Waals surface area contributed by atoms with Crippen LogP contribution in [0, 0.1) is 6.92 Å². The van der Waals surface area contributed by atoms with Gasteiger partial charge in [0.15, 0.2) is 0 Å². The summed E-state index contributed by atoms with van der Waals surface area (Å²) in [6, 6.07) is 2.05. The Morgan fingerprint density at radius 3 is 2.93 bits per heavy atom. The van der Waals surface area contributed by atoms with Crippen LogP contribution in [-0.2, 0) is 0 Å². The van der Waals surface area contributed by atoms with Gasteiger partial charge >= 0.3 is 0 Å². The zero-order valence-electron chi connectivity index (χ0n) is 7.75. The van der Waals surface area contributed by atoms with Gasteiger partial charge in [0.05, 0.1) is 0 Å². The van der Waals surface area contributed by atoms with Gasteiger partial charge in [0.2, 0.25) is 0 Å². The van der Waals surface area contributed by atoms with Gasteiger partial charge in [0, 0.05) is 16.2 Å². The molecule has 0 aliphatic heterocycles. The van der Waals surface area contributed by atoms with Crippen molar-refractivity contribution in [2.24, 2.45) is 0 Å². The lowest BCUT2D eigenvalue weighted by atomic mass is 10.3. The molecule has 1 saturated carbocycles. The maximum Gasteiger partial charge on any atom is 0.141 e. The first-order valence-electron chi connectivity index (χ1n) is 4.67. The van der Waals surface area contributed by atoms with Crippen molar-refractivity contribution in [3.63, 3.8) is 0 Å². The topological polar surface area (TPSA) is 25.8 Å². The van der Waals surface area contributed by atoms with E-state index in [1.165, 1.54) is 17.7 Å². The van der Waals surface area contributed by atoms with E-state index in [2.05, 4.69) is 23.0 Å². The van der Waals surface area contributed by atoms with Gasteiger partial charge < -0.3 is 0 Å². The number of aromatic nitrogens is 2. The number of halogens is 1. The molecule has 2 aromatic rings. The first kappa shape index (κ1) is 8.62. The molecule has 0 atom stereocenters. The van der Waals surface area contributed by atoms with Crippen molar-refractivity contribution in [1.82, 2.24) is 9.97 Å². The molecule has 0 N–H and O–H groups in total. The van der Waals surface area contributed by atoms with Crippen LogP contribution in [0.15, 0.2) is 6.07 Å². The quantitative estimate of drug-likeness (QED) is 0.693. The molecule has 1 aliphatic carbocycles. The van der Waals surface area contributed by atoms with Crippen molar-refractivity contribution >= 4 is 33.2 Å². The number of aryl methyl sites for hydroxylation is 1. The number of fused-ring (bicyclic) bond motifs is 1. The summed E-state index contributed by atoms with van der Waals surface area (Å²) in [5.41, 5.74) is 0. The smallest absolute Gasteiger partial charge is 0.141 e. The van der Waals surface area contributed by atoms with Crippen LogP contribution in [-0.4, -0.2) is 9.97 Å². The van der Waals surface area contributed by atoms with Crippen molar-refractivity contribution < 1.29 is 0 Å². The molecule has 2 aromatic heterocycles. The highest BCUT2D eigenvalue weighted by molar-refractivity contribution is 7.18. The zero-order valence-corrected chi connectivity index (χ0v) is 9.32. The maximum atomic E-state index is 6.10. The summed E-state index contributed by atoms with van der Waals surface area (Å²) in [6.45, 7) is 2.07. The largest absolute Gasteiger partial charge is 0.222 e. The molecule has 1 fully saturated rings. The molecular weight excluding hydrogens is 216 g/mol. The van der Waals surface area contributed by atoms with Crippen molar-refractivity contribution in [1.29, 1.82) is 0 Å². The number of nitrogens with zero attached hydrogens (tertiary/aromatic N) is 2. The molecule has 2 nitrogen and oxygen atoms in total. The van der Waals surface area contributed by atoms with E-state index in [0.29, 0.717) is 11.1 Å². The first-order valence-corrected chi connectivity index (χ1v) is 5.87. The summed E-state index contributed by atoms with van der Waals surface area (Å²) in [4.78, 5) is 11.2. The molecule has 0 amide bonds. The minimum absolute atomic E-state index is 0.569. The minimum atomic E-state index is 0.569. The van der Waals surface area contributed by atoms with E-state index in [9.17, 15) is 0 Å². The van der Waals surface area contributed by atoms with E-state index >= 15 is 0 Å². The Morgan fingerprint density at radius 2 is 2.21 bits per heavy atom. The van der Waals surface area contributed by atoms with Gasteiger partial charge in [0.25, 0.3) is 0 Å². The van der Waals surface area contributed by atoms with E-state index in [1.807, 2.05) is 0 Å². The second-order valence-electron chi connectivity index (χ2n) is 3.72. The monoisotopic (exact) mass is 224 g/mol. The molecule has 1 aliphatic rings. The molecule has 2 heterocycles. The van der Waals surface area contributed by atoms with Crippen LogP contribution in [0.4, 0.5) is 0 Å². The van der Waals surface area contributed by atoms with Crippen molar-refractivity contribution in [2.45, 2.75) is 25.7 Å². The van der Waals surface area contributed by atoms with E-state index in [-0.39, 0.29) is 0 Å². The average molecular weight is 225 g/mol. The third-order valence-electron chi connectivity index (χ3n) is 2.43. The Bertz CT molecular complexity index is 502. The lowest BCUT2D eigenvalue weighted by Crippen LogP contribution is -1.91. The second-order valence-corrected chi connectivity index (χ2v) is 5.32. The van der Waals surface area contributed by atoms with Crippen LogP contribution in [0.2, 0.25) is 5.15 Å². The number of rotatable bonds is 1. The summed E-state index contributed by atoms with van der Waals surface area (Å²) in [5.74, 6) is 1.50. The van der Waals surface area contributed by atoms with Gasteiger partial charge in [-0.15, -0.1) is 11.3 Å². The van der Waals surface area contributed by atoms with E-state index in [0.717, 1.165) is 16.0 Å². The van der Waals surface area contributed by atoms with Crippen LogP contribution in [0.1, 0.15) is 29.5 Å². The fourth-order valence-corrected chi connectivity index (χ4v) is 2.72. The molecule has 0 unspecified atom stereocenters. The SMILES string of the molecule is Cc1cc2c(Cl)nc(C3CC3)nc2s1. The lowest BCUT2D eigenvalue weighted by molar-refractivity contribution is 0.951. The number of hydrogen-bond acceptors (Lipinski definition) is 3. The van der Waals surface area contributed by atoms with Gasteiger partial charge in [0.1, 0.15) is 15.8 Å². The summed E-state index contributed by atoms with van der Waals surface area (Å²) < 4.78 is 0. The van der Waals surface area contributed by atoms with Gasteiger partial charge in [-0.1, -0.05) is 11.6 Å². The van der Waals surface area contributed by atoms with Crippen LogP contribution in [0.5, 0.6) is 0 Å². The normalized spacial score (nSPS) is 16.4. The Morgan fingerprint density at radius 1 is 1.43 bits per heavy atom. The summed E-state index contributed by atoms with van der Waals surface area (Å²) in [6.07, 6.45) is 2.43. The van der Waals surface area contributed by atoms with Crippen LogP contribution in [0.3, 0.4) is 0 Å². The lowest BCUT2D eigenvalue weighted by Gasteiger charge is -1.97. The van der Waals surface area contributed by atoms with Crippen molar-refractivity contribution in [3.8, 4) is 0 Å². The first-order chi connectivity index (χ1) is 6.74. The molecule has 4 heteroatoms. The average Bonchev–Trinajstić information content (AvgIpc) is 2.89. The molecule has 72 valence electrons. The van der Waals surface area contributed by atoms with Gasteiger partial charge in [-0.2, -0.15) is 0 Å². The fraction of sp³-hybridized carbons (Fsp3) is 0.400. The Balaban J connectivity index is 2.26. The maximum absolute atomic E-state index is 6.10. The Kier molecular flexibility index (Phi) is 1.79. The predicted molar refractivity (Wildman–Crippen MR) is 59.1 cm³/mol. The molecular formula is C10H9ClN2S. The highest BCUT2D eigenvalue weighted by Gasteiger charge is 2.27. The summed E-state index contributed by atoms with van der Waals surface area (Å²) >= 11 is 7.79. The van der Waals surface area contributed by atoms with Crippen molar-refractivity contribution in [3.05, 3.63) is 21.9 Å². The van der Waals surface area contributed by atoms with Crippen LogP contribution >= 0.6 is 22.9 Å². The van der Waals surface area contributed by atoms with Crippen LogP contribution in [0.25, 0.3) is 10.2 Å². The molecule has 0 spiro atoms. The minimum Gasteiger partial charge on any atom is -0.222 e. The van der Waals surface area contributed by atoms with E-state index in [4.69, 9.17) is 11.6 Å². The second kappa shape index (κ2) is 2.91. The molecule has 0 saturated heterocycles. The van der Waals surface area contributed by atoms with E-state index < -0.39 is 0 Å². The van der Waals surface area contributed by atoms with Crippen LogP contribution < -0.4 is 0 Å². The summed E-state index contributed by atoms with van der Waals surface area (Å²) in [7, 11) is 0. The third kappa shape index (κ3) is 1.31.